The average Bonchev–Trinajstić information content (AvgIpc) is 2.55. The van der Waals surface area contributed by atoms with Crippen LogP contribution in [0.3, 0.4) is 0 Å². The number of carbonyl (C=O) groups excluding carboxylic acids is 2. The molecule has 0 aliphatic carbocycles. The Kier molecular flexibility index (Phi) is 5.48. The number of nitrogens with zero attached hydrogens (tertiary/aromatic N) is 1. The maximum atomic E-state index is 11.7. The lowest BCUT2D eigenvalue weighted by molar-refractivity contribution is 0.0599. The first-order chi connectivity index (χ1) is 10.6. The number of ether oxygens (including phenoxy) is 2. The predicted octanol–water partition coefficient (Wildman–Crippen LogP) is 3.38. The molecule has 0 bridgehead atoms. The van der Waals surface area contributed by atoms with Gasteiger partial charge in [-0.1, -0.05) is 30.3 Å². The summed E-state index contributed by atoms with van der Waals surface area (Å²) in [7, 11) is 1.27. The van der Waals surface area contributed by atoms with E-state index in [1.165, 1.54) is 19.4 Å². The summed E-state index contributed by atoms with van der Waals surface area (Å²) in [5.41, 5.74) is 1.42. The lowest BCUT2D eigenvalue weighted by atomic mass is 10.2. The Morgan fingerprint density at radius 3 is 2.68 bits per heavy atom. The van der Waals surface area contributed by atoms with Gasteiger partial charge >= 0.3 is 12.1 Å². The number of methoxy groups -OCH3 is 1. The van der Waals surface area contributed by atoms with Crippen LogP contribution in [0.25, 0.3) is 0 Å². The lowest BCUT2D eigenvalue weighted by Gasteiger charge is -2.08. The Bertz CT molecular complexity index is 676. The zero-order valence-corrected chi connectivity index (χ0v) is 13.3. The normalized spacial score (nSPS) is 9.91. The van der Waals surface area contributed by atoms with Crippen LogP contribution in [0, 0.1) is 0 Å². The SMILES string of the molecule is COC(=O)c1cc(NC(=O)OCc2ccccc2)cnc1Br. The van der Waals surface area contributed by atoms with Gasteiger partial charge in [0.05, 0.1) is 24.6 Å². The van der Waals surface area contributed by atoms with Crippen molar-refractivity contribution in [1.29, 1.82) is 0 Å². The van der Waals surface area contributed by atoms with Crippen LogP contribution in [0.4, 0.5) is 10.5 Å². The number of nitrogens with one attached hydrogen (secondary N) is 1. The topological polar surface area (TPSA) is 77.5 Å². The van der Waals surface area contributed by atoms with Crippen LogP contribution in [-0.2, 0) is 16.1 Å². The second-order valence-corrected chi connectivity index (χ2v) is 4.99. The van der Waals surface area contributed by atoms with Crippen molar-refractivity contribution in [1.82, 2.24) is 4.98 Å². The minimum absolute atomic E-state index is 0.153. The predicted molar refractivity (Wildman–Crippen MR) is 83.5 cm³/mol. The number of amides is 1. The van der Waals surface area contributed by atoms with Crippen molar-refractivity contribution in [2.24, 2.45) is 0 Å². The number of pyridine rings is 1. The molecule has 2 aromatic rings. The van der Waals surface area contributed by atoms with E-state index in [0.717, 1.165) is 5.56 Å². The fourth-order valence-electron chi connectivity index (χ4n) is 1.65. The molecule has 1 aromatic heterocycles. The van der Waals surface area contributed by atoms with Crippen molar-refractivity contribution in [3.8, 4) is 0 Å². The van der Waals surface area contributed by atoms with Crippen molar-refractivity contribution < 1.29 is 19.1 Å². The second kappa shape index (κ2) is 7.56. The molecule has 0 fully saturated rings. The van der Waals surface area contributed by atoms with Crippen molar-refractivity contribution in [3.05, 3.63) is 58.3 Å². The van der Waals surface area contributed by atoms with Crippen molar-refractivity contribution in [3.63, 3.8) is 0 Å². The van der Waals surface area contributed by atoms with E-state index in [4.69, 9.17) is 4.74 Å². The molecule has 114 valence electrons. The molecule has 1 heterocycles. The molecule has 0 unspecified atom stereocenters. The van der Waals surface area contributed by atoms with Gasteiger partial charge in [0, 0.05) is 0 Å². The molecule has 2 rings (SSSR count). The van der Waals surface area contributed by atoms with E-state index in [0.29, 0.717) is 10.3 Å². The highest BCUT2D eigenvalue weighted by Crippen LogP contribution is 2.19. The number of anilines is 1. The van der Waals surface area contributed by atoms with Crippen LogP contribution >= 0.6 is 15.9 Å². The highest BCUT2D eigenvalue weighted by molar-refractivity contribution is 9.10. The third-order valence-corrected chi connectivity index (χ3v) is 3.34. The van der Waals surface area contributed by atoms with Crippen LogP contribution in [0.2, 0.25) is 0 Å². The van der Waals surface area contributed by atoms with E-state index in [-0.39, 0.29) is 12.2 Å². The summed E-state index contributed by atoms with van der Waals surface area (Å²) in [5, 5.41) is 2.51. The number of rotatable bonds is 4. The van der Waals surface area contributed by atoms with Crippen LogP contribution in [0.5, 0.6) is 0 Å². The summed E-state index contributed by atoms with van der Waals surface area (Å²) in [6.07, 6.45) is 0.768. The number of halogens is 1. The van der Waals surface area contributed by atoms with Crippen molar-refractivity contribution >= 4 is 33.7 Å². The maximum absolute atomic E-state index is 11.7. The van der Waals surface area contributed by atoms with Gasteiger partial charge in [-0.3, -0.25) is 5.32 Å². The molecule has 7 heteroatoms. The van der Waals surface area contributed by atoms with Gasteiger partial charge in [0.2, 0.25) is 0 Å². The van der Waals surface area contributed by atoms with Crippen LogP contribution in [0.15, 0.2) is 47.2 Å². The van der Waals surface area contributed by atoms with E-state index < -0.39 is 12.1 Å². The smallest absolute Gasteiger partial charge is 0.412 e. The summed E-state index contributed by atoms with van der Waals surface area (Å²) in [4.78, 5) is 27.2. The first-order valence-electron chi connectivity index (χ1n) is 6.31. The molecule has 0 saturated carbocycles. The van der Waals surface area contributed by atoms with Gasteiger partial charge in [-0.15, -0.1) is 0 Å². The molecule has 0 radical (unpaired) electrons. The van der Waals surface area contributed by atoms with Gasteiger partial charge in [0.25, 0.3) is 0 Å². The summed E-state index contributed by atoms with van der Waals surface area (Å²) >= 11 is 3.14. The van der Waals surface area contributed by atoms with E-state index in [2.05, 4.69) is 31.0 Å². The minimum atomic E-state index is -0.635. The molecule has 0 aliphatic rings. The highest BCUT2D eigenvalue weighted by atomic mass is 79.9. The third-order valence-electron chi connectivity index (χ3n) is 2.70. The van der Waals surface area contributed by atoms with Crippen LogP contribution < -0.4 is 5.32 Å². The summed E-state index contributed by atoms with van der Waals surface area (Å²) in [6, 6.07) is 10.8. The van der Waals surface area contributed by atoms with Gasteiger partial charge < -0.3 is 9.47 Å². The van der Waals surface area contributed by atoms with Crippen molar-refractivity contribution in [2.75, 3.05) is 12.4 Å². The quantitative estimate of drug-likeness (QED) is 0.664. The Morgan fingerprint density at radius 2 is 2.00 bits per heavy atom. The Balaban J connectivity index is 1.98. The molecular weight excluding hydrogens is 352 g/mol. The number of esters is 1. The van der Waals surface area contributed by atoms with Gasteiger partial charge in [0.1, 0.15) is 11.2 Å². The zero-order valence-electron chi connectivity index (χ0n) is 11.7. The summed E-state index contributed by atoms with van der Waals surface area (Å²) in [6.45, 7) is 0.153. The third kappa shape index (κ3) is 4.29. The Morgan fingerprint density at radius 1 is 1.27 bits per heavy atom. The zero-order chi connectivity index (χ0) is 15.9. The van der Waals surface area contributed by atoms with E-state index in [1.807, 2.05) is 30.3 Å². The number of aromatic nitrogens is 1. The van der Waals surface area contributed by atoms with Crippen LogP contribution in [0.1, 0.15) is 15.9 Å². The fourth-order valence-corrected chi connectivity index (χ4v) is 2.03. The van der Waals surface area contributed by atoms with Crippen LogP contribution in [-0.4, -0.2) is 24.2 Å². The standard InChI is InChI=1S/C15H13BrN2O4/c1-21-14(19)12-7-11(8-17-13(12)16)18-15(20)22-9-10-5-3-2-4-6-10/h2-8H,9H2,1H3,(H,18,20). The molecule has 6 nitrogen and oxygen atoms in total. The Hall–Kier alpha value is -2.41. The monoisotopic (exact) mass is 364 g/mol. The van der Waals surface area contributed by atoms with E-state index >= 15 is 0 Å². The number of benzene rings is 1. The molecule has 0 aliphatic heterocycles. The van der Waals surface area contributed by atoms with E-state index in [9.17, 15) is 9.59 Å². The van der Waals surface area contributed by atoms with Gasteiger partial charge in [-0.25, -0.2) is 14.6 Å². The molecule has 1 amide bonds. The number of carbonyl (C=O) groups is 2. The van der Waals surface area contributed by atoms with Gasteiger partial charge in [0.15, 0.2) is 0 Å². The molecule has 0 atom stereocenters. The molecule has 22 heavy (non-hydrogen) atoms. The number of hydrogen-bond donors (Lipinski definition) is 1. The molecule has 1 aromatic carbocycles. The Labute approximate surface area is 135 Å². The lowest BCUT2D eigenvalue weighted by Crippen LogP contribution is -2.14. The largest absolute Gasteiger partial charge is 0.465 e. The first kappa shape index (κ1) is 16.0. The van der Waals surface area contributed by atoms with Crippen molar-refractivity contribution in [2.45, 2.75) is 6.61 Å². The first-order valence-corrected chi connectivity index (χ1v) is 7.11. The second-order valence-electron chi connectivity index (χ2n) is 4.24. The highest BCUT2D eigenvalue weighted by Gasteiger charge is 2.13. The number of hydrogen-bond acceptors (Lipinski definition) is 5. The van der Waals surface area contributed by atoms with Gasteiger partial charge in [-0.05, 0) is 27.6 Å². The maximum Gasteiger partial charge on any atom is 0.412 e. The molecule has 0 spiro atoms. The fraction of sp³-hybridized carbons (Fsp3) is 0.133. The summed E-state index contributed by atoms with van der Waals surface area (Å²) < 4.78 is 10.0. The molecule has 0 saturated heterocycles. The average molecular weight is 365 g/mol. The molecular formula is C15H13BrN2O4. The van der Waals surface area contributed by atoms with E-state index in [1.54, 1.807) is 0 Å². The molecule has 1 N–H and O–H groups in total. The summed E-state index contributed by atoms with van der Waals surface area (Å²) in [5.74, 6) is -0.555. The van der Waals surface area contributed by atoms with Gasteiger partial charge in [-0.2, -0.15) is 0 Å². The minimum Gasteiger partial charge on any atom is -0.465 e.